The van der Waals surface area contributed by atoms with Gasteiger partial charge < -0.3 is 9.47 Å². The van der Waals surface area contributed by atoms with Crippen molar-refractivity contribution < 1.29 is 17.6 Å². The molecule has 1 aliphatic carbocycles. The van der Waals surface area contributed by atoms with Gasteiger partial charge in [0.25, 0.3) is 0 Å². The van der Waals surface area contributed by atoms with Crippen LogP contribution in [0.3, 0.4) is 0 Å². The first kappa shape index (κ1) is 24.3. The van der Waals surface area contributed by atoms with E-state index < -0.39 is 9.84 Å². The minimum atomic E-state index is -3.07. The van der Waals surface area contributed by atoms with Crippen LogP contribution in [0.1, 0.15) is 46.0 Å². The van der Waals surface area contributed by atoms with Crippen molar-refractivity contribution in [3.05, 3.63) is 36.3 Å². The van der Waals surface area contributed by atoms with E-state index in [9.17, 15) is 17.6 Å². The lowest BCUT2D eigenvalue weighted by atomic mass is 10.1. The van der Waals surface area contributed by atoms with E-state index in [-0.39, 0.29) is 41.1 Å². The predicted octanol–water partition coefficient (Wildman–Crippen LogP) is 4.40. The number of amides is 1. The molecule has 1 aromatic heterocycles. The van der Waals surface area contributed by atoms with Crippen molar-refractivity contribution in [2.75, 3.05) is 17.3 Å². The smallest absolute Gasteiger partial charge is 0.233 e. The molecule has 2 heterocycles. The molecule has 1 aromatic carbocycles. The van der Waals surface area contributed by atoms with Crippen molar-refractivity contribution in [2.45, 2.75) is 69.7 Å². The predicted molar refractivity (Wildman–Crippen MR) is 129 cm³/mol. The van der Waals surface area contributed by atoms with Gasteiger partial charge >= 0.3 is 0 Å². The SMILES string of the molecule is CC(C)Cn1c(-c2ccc(F)cc2)cnc1SCC(=O)N(C1CCCC1)[C@@H]1CCS(=O)(=O)C1. The quantitative estimate of drug-likeness (QED) is 0.510. The van der Waals surface area contributed by atoms with Crippen LogP contribution < -0.4 is 0 Å². The number of carbonyl (C=O) groups is 1. The average Bonchev–Trinajstić information content (AvgIpc) is 3.49. The molecule has 180 valence electrons. The lowest BCUT2D eigenvalue weighted by Crippen LogP contribution is -2.47. The highest BCUT2D eigenvalue weighted by atomic mass is 32.2. The van der Waals surface area contributed by atoms with E-state index in [0.29, 0.717) is 12.3 Å². The molecule has 0 spiro atoms. The number of hydrogen-bond acceptors (Lipinski definition) is 5. The van der Waals surface area contributed by atoms with Crippen LogP contribution in [0, 0.1) is 11.7 Å². The number of sulfone groups is 1. The van der Waals surface area contributed by atoms with Crippen LogP contribution >= 0.6 is 11.8 Å². The molecular formula is C24H32FN3O3S2. The molecule has 2 fully saturated rings. The van der Waals surface area contributed by atoms with Crippen LogP contribution in [-0.4, -0.2) is 58.1 Å². The Bertz CT molecular complexity index is 1080. The van der Waals surface area contributed by atoms with Gasteiger partial charge in [-0.25, -0.2) is 17.8 Å². The summed E-state index contributed by atoms with van der Waals surface area (Å²) in [7, 11) is -3.07. The number of rotatable bonds is 8. The van der Waals surface area contributed by atoms with Gasteiger partial charge in [-0.15, -0.1) is 0 Å². The molecule has 1 saturated carbocycles. The van der Waals surface area contributed by atoms with E-state index in [1.807, 2.05) is 4.90 Å². The van der Waals surface area contributed by atoms with E-state index in [2.05, 4.69) is 23.4 Å². The molecule has 9 heteroatoms. The standard InChI is InChI=1S/C24H32FN3O3S2/c1-17(2)14-27-22(18-7-9-19(25)10-8-18)13-26-24(27)32-15-23(29)28(20-5-3-4-6-20)21-11-12-33(30,31)16-21/h7-10,13,17,20-21H,3-6,11-12,14-16H2,1-2H3/t21-/m1/s1. The van der Waals surface area contributed by atoms with Gasteiger partial charge in [0, 0.05) is 18.6 Å². The van der Waals surface area contributed by atoms with Gasteiger partial charge in [0.05, 0.1) is 29.1 Å². The number of carbonyl (C=O) groups excluding carboxylic acids is 1. The monoisotopic (exact) mass is 493 g/mol. The van der Waals surface area contributed by atoms with E-state index in [0.717, 1.165) is 48.6 Å². The number of halogens is 1. The van der Waals surface area contributed by atoms with Crippen molar-refractivity contribution in [2.24, 2.45) is 5.92 Å². The Labute approximate surface area is 199 Å². The third-order valence-electron chi connectivity index (χ3n) is 6.44. The average molecular weight is 494 g/mol. The Balaban J connectivity index is 1.53. The third kappa shape index (κ3) is 5.80. The summed E-state index contributed by atoms with van der Waals surface area (Å²) in [5.74, 6) is 0.557. The molecule has 2 aliphatic rings. The molecule has 6 nitrogen and oxygen atoms in total. The molecule has 0 radical (unpaired) electrons. The highest BCUT2D eigenvalue weighted by Crippen LogP contribution is 2.32. The number of aromatic nitrogens is 2. The van der Waals surface area contributed by atoms with Crippen LogP contribution in [0.2, 0.25) is 0 Å². The van der Waals surface area contributed by atoms with Crippen LogP contribution in [-0.2, 0) is 21.2 Å². The fourth-order valence-corrected chi connectivity index (χ4v) is 7.52. The second-order valence-electron chi connectivity index (χ2n) is 9.52. The minimum Gasteiger partial charge on any atom is -0.335 e. The Morgan fingerprint density at radius 2 is 1.88 bits per heavy atom. The summed E-state index contributed by atoms with van der Waals surface area (Å²) in [5.41, 5.74) is 1.78. The van der Waals surface area contributed by atoms with Gasteiger partial charge in [-0.3, -0.25) is 4.79 Å². The lowest BCUT2D eigenvalue weighted by molar-refractivity contribution is -0.132. The molecule has 1 atom stereocenters. The van der Waals surface area contributed by atoms with Crippen LogP contribution in [0.5, 0.6) is 0 Å². The largest absolute Gasteiger partial charge is 0.335 e. The number of benzene rings is 1. The maximum absolute atomic E-state index is 13.4. The highest BCUT2D eigenvalue weighted by Gasteiger charge is 2.39. The summed E-state index contributed by atoms with van der Waals surface area (Å²) >= 11 is 1.40. The van der Waals surface area contributed by atoms with Crippen molar-refractivity contribution in [1.82, 2.24) is 14.5 Å². The Hall–Kier alpha value is -1.87. The summed E-state index contributed by atoms with van der Waals surface area (Å²) in [6, 6.07) is 6.29. The second kappa shape index (κ2) is 10.2. The minimum absolute atomic E-state index is 0.00331. The summed E-state index contributed by atoms with van der Waals surface area (Å²) in [5, 5.41) is 0.752. The first-order chi connectivity index (χ1) is 15.7. The van der Waals surface area contributed by atoms with Gasteiger partial charge in [0.2, 0.25) is 5.91 Å². The third-order valence-corrected chi connectivity index (χ3v) is 9.16. The maximum Gasteiger partial charge on any atom is 0.233 e. The molecule has 33 heavy (non-hydrogen) atoms. The van der Waals surface area contributed by atoms with Gasteiger partial charge in [0.15, 0.2) is 15.0 Å². The molecule has 1 aliphatic heterocycles. The van der Waals surface area contributed by atoms with Gasteiger partial charge in [-0.2, -0.15) is 0 Å². The molecule has 0 bridgehead atoms. The molecule has 0 N–H and O–H groups in total. The number of hydrogen-bond donors (Lipinski definition) is 0. The maximum atomic E-state index is 13.4. The first-order valence-electron chi connectivity index (χ1n) is 11.7. The second-order valence-corrected chi connectivity index (χ2v) is 12.7. The summed E-state index contributed by atoms with van der Waals surface area (Å²) in [6.07, 6.45) is 6.38. The number of thioether (sulfide) groups is 1. The van der Waals surface area contributed by atoms with Crippen molar-refractivity contribution in [3.8, 4) is 11.3 Å². The molecular weight excluding hydrogens is 461 g/mol. The Morgan fingerprint density at radius 3 is 2.48 bits per heavy atom. The van der Waals surface area contributed by atoms with E-state index in [1.165, 1.54) is 23.9 Å². The fourth-order valence-electron chi connectivity index (χ4n) is 4.95. The lowest BCUT2D eigenvalue weighted by Gasteiger charge is -2.34. The van der Waals surface area contributed by atoms with Crippen LogP contribution in [0.15, 0.2) is 35.6 Å². The normalized spacial score (nSPS) is 20.5. The fraction of sp³-hybridized carbons (Fsp3) is 0.583. The zero-order valence-corrected chi connectivity index (χ0v) is 20.9. The summed E-state index contributed by atoms with van der Waals surface area (Å²) in [6.45, 7) is 4.98. The van der Waals surface area contributed by atoms with Crippen LogP contribution in [0.4, 0.5) is 4.39 Å². The molecule has 0 unspecified atom stereocenters. The summed E-state index contributed by atoms with van der Waals surface area (Å²) in [4.78, 5) is 19.9. The van der Waals surface area contributed by atoms with Crippen LogP contribution in [0.25, 0.3) is 11.3 Å². The molecule has 2 aromatic rings. The van der Waals surface area contributed by atoms with E-state index >= 15 is 0 Å². The summed E-state index contributed by atoms with van der Waals surface area (Å²) < 4.78 is 39.7. The number of imidazole rings is 1. The number of nitrogens with zero attached hydrogens (tertiary/aromatic N) is 3. The van der Waals surface area contributed by atoms with Gasteiger partial charge in [-0.1, -0.05) is 38.5 Å². The zero-order valence-electron chi connectivity index (χ0n) is 19.2. The van der Waals surface area contributed by atoms with Crippen molar-refractivity contribution in [1.29, 1.82) is 0 Å². The van der Waals surface area contributed by atoms with E-state index in [1.54, 1.807) is 18.3 Å². The molecule has 4 rings (SSSR count). The topological polar surface area (TPSA) is 72.3 Å². The van der Waals surface area contributed by atoms with E-state index in [4.69, 9.17) is 0 Å². The van der Waals surface area contributed by atoms with Gasteiger partial charge in [-0.05, 0) is 55.0 Å². The molecule has 1 amide bonds. The van der Waals surface area contributed by atoms with Crippen molar-refractivity contribution in [3.63, 3.8) is 0 Å². The van der Waals surface area contributed by atoms with Gasteiger partial charge in [0.1, 0.15) is 5.82 Å². The Kier molecular flexibility index (Phi) is 7.48. The Morgan fingerprint density at radius 1 is 1.18 bits per heavy atom. The molecule has 1 saturated heterocycles. The highest BCUT2D eigenvalue weighted by molar-refractivity contribution is 7.99. The van der Waals surface area contributed by atoms with Crippen molar-refractivity contribution >= 4 is 27.5 Å². The first-order valence-corrected chi connectivity index (χ1v) is 14.5. The zero-order chi connectivity index (χ0) is 23.6.